The van der Waals surface area contributed by atoms with Crippen LogP contribution >= 0.6 is 0 Å². The van der Waals surface area contributed by atoms with E-state index in [0.29, 0.717) is 5.56 Å². The lowest BCUT2D eigenvalue weighted by Gasteiger charge is -2.20. The maximum atomic E-state index is 12.2. The number of carbonyl (C=O) groups excluding carboxylic acids is 1. The van der Waals surface area contributed by atoms with Crippen LogP contribution in [-0.4, -0.2) is 44.0 Å². The van der Waals surface area contributed by atoms with E-state index in [-0.39, 0.29) is 5.91 Å². The molecule has 0 unspecified atom stereocenters. The van der Waals surface area contributed by atoms with Crippen molar-refractivity contribution in [3.8, 4) is 0 Å². The fraction of sp³-hybridized carbons (Fsp3) is 0.562. The summed E-state index contributed by atoms with van der Waals surface area (Å²) < 4.78 is 0. The second kappa shape index (κ2) is 7.90. The quantitative estimate of drug-likeness (QED) is 0.867. The van der Waals surface area contributed by atoms with Crippen molar-refractivity contribution in [1.29, 1.82) is 0 Å². The van der Waals surface area contributed by atoms with Crippen molar-refractivity contribution in [3.63, 3.8) is 0 Å². The smallest absolute Gasteiger partial charge is 0.253 e. The van der Waals surface area contributed by atoms with Crippen LogP contribution in [0.15, 0.2) is 24.3 Å². The average Bonchev–Trinajstić information content (AvgIpc) is 2.76. The number of rotatable bonds is 5. The summed E-state index contributed by atoms with van der Waals surface area (Å²) in [4.78, 5) is 14.6. The van der Waals surface area contributed by atoms with Gasteiger partial charge in [0.15, 0.2) is 0 Å². The summed E-state index contributed by atoms with van der Waals surface area (Å²) in [5.74, 6) is 0.00442. The zero-order valence-electron chi connectivity index (χ0n) is 12.3. The minimum Gasteiger partial charge on any atom is -0.387 e. The molecule has 1 aliphatic rings. The highest BCUT2D eigenvalue weighted by Crippen LogP contribution is 2.13. The first kappa shape index (κ1) is 14.9. The molecule has 0 radical (unpaired) electrons. The van der Waals surface area contributed by atoms with E-state index in [2.05, 4.69) is 15.5 Å². The van der Waals surface area contributed by atoms with Crippen molar-refractivity contribution in [2.45, 2.75) is 25.7 Å². The van der Waals surface area contributed by atoms with Gasteiger partial charge in [0.25, 0.3) is 5.91 Å². The molecule has 4 heteroatoms. The highest BCUT2D eigenvalue weighted by Gasteiger charge is 2.11. The van der Waals surface area contributed by atoms with Crippen molar-refractivity contribution >= 4 is 11.6 Å². The van der Waals surface area contributed by atoms with Crippen LogP contribution in [0.2, 0.25) is 0 Å². The third-order valence-electron chi connectivity index (χ3n) is 3.85. The van der Waals surface area contributed by atoms with Gasteiger partial charge in [-0.15, -0.1) is 0 Å². The van der Waals surface area contributed by atoms with Crippen LogP contribution in [0.25, 0.3) is 0 Å². The first-order chi connectivity index (χ1) is 9.81. The SMILES string of the molecule is CNc1ccccc1C(=O)NCCN1CCCCCC1. The molecule has 1 fully saturated rings. The molecule has 1 amide bonds. The highest BCUT2D eigenvalue weighted by molar-refractivity contribution is 5.99. The molecule has 1 aromatic rings. The Hall–Kier alpha value is -1.55. The Morgan fingerprint density at radius 1 is 1.15 bits per heavy atom. The van der Waals surface area contributed by atoms with Crippen LogP contribution in [0, 0.1) is 0 Å². The maximum absolute atomic E-state index is 12.2. The number of anilines is 1. The van der Waals surface area contributed by atoms with Gasteiger partial charge in [-0.2, -0.15) is 0 Å². The van der Waals surface area contributed by atoms with Crippen LogP contribution in [-0.2, 0) is 0 Å². The molecule has 1 aliphatic heterocycles. The molecule has 0 saturated carbocycles. The lowest BCUT2D eigenvalue weighted by atomic mass is 10.1. The third-order valence-corrected chi connectivity index (χ3v) is 3.85. The Labute approximate surface area is 121 Å². The van der Waals surface area contributed by atoms with Crippen LogP contribution < -0.4 is 10.6 Å². The molecular weight excluding hydrogens is 250 g/mol. The molecule has 0 bridgehead atoms. The van der Waals surface area contributed by atoms with E-state index in [4.69, 9.17) is 0 Å². The largest absolute Gasteiger partial charge is 0.387 e. The predicted octanol–water partition coefficient (Wildman–Crippen LogP) is 2.33. The van der Waals surface area contributed by atoms with Gasteiger partial charge in [0.1, 0.15) is 0 Å². The molecule has 0 atom stereocenters. The Morgan fingerprint density at radius 3 is 2.55 bits per heavy atom. The fourth-order valence-electron chi connectivity index (χ4n) is 2.68. The highest BCUT2D eigenvalue weighted by atomic mass is 16.1. The minimum absolute atomic E-state index is 0.00442. The summed E-state index contributed by atoms with van der Waals surface area (Å²) >= 11 is 0. The number of amides is 1. The third kappa shape index (κ3) is 4.23. The van der Waals surface area contributed by atoms with Crippen molar-refractivity contribution in [2.24, 2.45) is 0 Å². The van der Waals surface area contributed by atoms with Gasteiger partial charge in [-0.3, -0.25) is 4.79 Å². The first-order valence-electron chi connectivity index (χ1n) is 7.58. The van der Waals surface area contributed by atoms with Crippen molar-refractivity contribution in [3.05, 3.63) is 29.8 Å². The summed E-state index contributed by atoms with van der Waals surface area (Å²) in [6.45, 7) is 4.01. The van der Waals surface area contributed by atoms with Gasteiger partial charge in [0.2, 0.25) is 0 Å². The van der Waals surface area contributed by atoms with E-state index >= 15 is 0 Å². The Balaban J connectivity index is 1.79. The lowest BCUT2D eigenvalue weighted by Crippen LogP contribution is -2.35. The van der Waals surface area contributed by atoms with E-state index < -0.39 is 0 Å². The van der Waals surface area contributed by atoms with Gasteiger partial charge >= 0.3 is 0 Å². The van der Waals surface area contributed by atoms with Crippen LogP contribution in [0.1, 0.15) is 36.0 Å². The number of nitrogens with one attached hydrogen (secondary N) is 2. The summed E-state index contributed by atoms with van der Waals surface area (Å²) in [6.07, 6.45) is 5.27. The van der Waals surface area contributed by atoms with Crippen LogP contribution in [0.4, 0.5) is 5.69 Å². The summed E-state index contributed by atoms with van der Waals surface area (Å²) in [5, 5.41) is 6.07. The van der Waals surface area contributed by atoms with Gasteiger partial charge in [-0.1, -0.05) is 25.0 Å². The average molecular weight is 275 g/mol. The molecule has 1 aromatic carbocycles. The predicted molar refractivity (Wildman–Crippen MR) is 83.2 cm³/mol. The standard InChI is InChI=1S/C16H25N3O/c1-17-15-9-5-4-8-14(15)16(20)18-10-13-19-11-6-2-3-7-12-19/h4-5,8-9,17H,2-3,6-7,10-13H2,1H3,(H,18,20). The Bertz CT molecular complexity index is 425. The van der Waals surface area contributed by atoms with Gasteiger partial charge in [-0.05, 0) is 38.1 Å². The molecule has 2 rings (SSSR count). The zero-order valence-corrected chi connectivity index (χ0v) is 12.3. The summed E-state index contributed by atoms with van der Waals surface area (Å²) in [5.41, 5.74) is 1.59. The van der Waals surface area contributed by atoms with E-state index in [1.54, 1.807) is 0 Å². The lowest BCUT2D eigenvalue weighted by molar-refractivity contribution is 0.0949. The van der Waals surface area contributed by atoms with E-state index in [1.807, 2.05) is 31.3 Å². The van der Waals surface area contributed by atoms with Gasteiger partial charge < -0.3 is 15.5 Å². The Kier molecular flexibility index (Phi) is 5.87. The second-order valence-electron chi connectivity index (χ2n) is 5.31. The molecule has 2 N–H and O–H groups in total. The summed E-state index contributed by atoms with van der Waals surface area (Å²) in [7, 11) is 1.84. The molecule has 4 nitrogen and oxygen atoms in total. The topological polar surface area (TPSA) is 44.4 Å². The number of likely N-dealkylation sites (tertiary alicyclic amines) is 1. The first-order valence-corrected chi connectivity index (χ1v) is 7.58. The fourth-order valence-corrected chi connectivity index (χ4v) is 2.68. The number of nitrogens with zero attached hydrogens (tertiary/aromatic N) is 1. The number of benzene rings is 1. The molecule has 0 aliphatic carbocycles. The summed E-state index contributed by atoms with van der Waals surface area (Å²) in [6, 6.07) is 7.60. The molecule has 0 aromatic heterocycles. The molecule has 20 heavy (non-hydrogen) atoms. The van der Waals surface area contributed by atoms with Gasteiger partial charge in [-0.25, -0.2) is 0 Å². The molecule has 0 spiro atoms. The van der Waals surface area contributed by atoms with E-state index in [9.17, 15) is 4.79 Å². The molecule has 1 heterocycles. The van der Waals surface area contributed by atoms with Gasteiger partial charge in [0, 0.05) is 25.8 Å². The van der Waals surface area contributed by atoms with Crippen LogP contribution in [0.3, 0.4) is 0 Å². The molecule has 110 valence electrons. The number of para-hydroxylation sites is 1. The number of hydrogen-bond acceptors (Lipinski definition) is 3. The zero-order chi connectivity index (χ0) is 14.2. The van der Waals surface area contributed by atoms with Crippen LogP contribution in [0.5, 0.6) is 0 Å². The van der Waals surface area contributed by atoms with Crippen molar-refractivity contribution in [2.75, 3.05) is 38.5 Å². The van der Waals surface area contributed by atoms with Crippen molar-refractivity contribution < 1.29 is 4.79 Å². The normalized spacial score (nSPS) is 16.4. The maximum Gasteiger partial charge on any atom is 0.253 e. The minimum atomic E-state index is 0.00442. The van der Waals surface area contributed by atoms with E-state index in [0.717, 1.165) is 18.8 Å². The number of hydrogen-bond donors (Lipinski definition) is 2. The van der Waals surface area contributed by atoms with Gasteiger partial charge in [0.05, 0.1) is 5.56 Å². The Morgan fingerprint density at radius 2 is 1.85 bits per heavy atom. The van der Waals surface area contributed by atoms with E-state index in [1.165, 1.54) is 38.8 Å². The number of carbonyl (C=O) groups is 1. The molecular formula is C16H25N3O. The second-order valence-corrected chi connectivity index (χ2v) is 5.31. The molecule has 1 saturated heterocycles. The van der Waals surface area contributed by atoms with Crippen molar-refractivity contribution in [1.82, 2.24) is 10.2 Å². The monoisotopic (exact) mass is 275 g/mol.